The van der Waals surface area contributed by atoms with Gasteiger partial charge in [0.05, 0.1) is 60.8 Å². The number of hydrogen-bond donors (Lipinski definition) is 0. The maximum Gasteiger partial charge on any atom is 0.252 e. The molecule has 3 aliphatic heterocycles. The van der Waals surface area contributed by atoms with Crippen molar-refractivity contribution in [3.05, 3.63) is 512 Å². The first-order valence-corrected chi connectivity index (χ1v) is 48.0. The zero-order valence-electron chi connectivity index (χ0n) is 94.1. The molecule has 23 aromatic rings. The Bertz CT molecular complexity index is 9240. The Labute approximate surface area is 845 Å². The lowest BCUT2D eigenvalue weighted by molar-refractivity contribution is 0.436. The van der Waals surface area contributed by atoms with Crippen molar-refractivity contribution in [3.63, 3.8) is 0 Å². The van der Waals surface area contributed by atoms with Crippen molar-refractivity contribution in [1.29, 1.82) is 0 Å². The molecule has 5 heterocycles. The maximum absolute atomic E-state index is 10.3. The summed E-state index contributed by atoms with van der Waals surface area (Å²) in [6.45, 7) is 12.4. The third-order valence-electron chi connectivity index (χ3n) is 29.3. The van der Waals surface area contributed by atoms with Crippen molar-refractivity contribution in [2.24, 2.45) is 0 Å². The quantitative estimate of drug-likeness (QED) is 0.108. The third kappa shape index (κ3) is 13.3. The Kier molecular flexibility index (Phi) is 15.6. The zero-order valence-corrected chi connectivity index (χ0v) is 78.1. The normalized spacial score (nSPS) is 14.7. The molecule has 0 N–H and O–H groups in total. The monoisotopic (exact) mass is 1820 g/mol. The van der Waals surface area contributed by atoms with Crippen LogP contribution in [0.25, 0.3) is 166 Å². The Balaban J connectivity index is 0.875. The maximum atomic E-state index is 10.3. The topological polar surface area (TPSA) is 25.6 Å². The summed E-state index contributed by atoms with van der Waals surface area (Å²) in [7, 11) is 0. The number of para-hydroxylation sites is 5. The highest BCUT2D eigenvalue weighted by molar-refractivity contribution is 7.00. The van der Waals surface area contributed by atoms with E-state index in [1.165, 1.54) is 0 Å². The van der Waals surface area contributed by atoms with Crippen LogP contribution in [0.1, 0.15) is 96.9 Å². The minimum atomic E-state index is -0.946. The average Bonchev–Trinajstić information content (AvgIpc) is 1.52. The molecule has 666 valence electrons. The highest BCUT2D eigenvalue weighted by Crippen LogP contribution is 2.64. The van der Waals surface area contributed by atoms with Crippen LogP contribution >= 0.6 is 0 Å². The van der Waals surface area contributed by atoms with E-state index in [1.54, 1.807) is 9.13 Å². The van der Waals surface area contributed by atoms with E-state index in [0.717, 1.165) is 139 Å². The molecule has 0 bridgehead atoms. The van der Waals surface area contributed by atoms with E-state index >= 15 is 0 Å². The fourth-order valence-corrected chi connectivity index (χ4v) is 22.8. The standard InChI is InChI=1S/C135H97BN4O/c1-133(2,3)100-80-110(95-49-33-45-90(73-95)86-37-11-7-12-38-86)131(111(81-100)96-50-34-46-91(74-96)87-39-13-8-14-40-87)139-124-84-102(137-120-62-28-21-55-106(120)107-56-22-29-63-121(107)137)68-71-118(124)136-119-72-69-103(138-122-64-30-23-57-108(122)109-58-24-31-65-123(109)138)85-125(119)140(132-112(97-51-35-47-92(75-97)88-41-15-9-16-42-88)82-101(134(4,5)6)83-113(132)98-52-36-48-93(76-98)89-43-17-10-18-44-89)127-78-99(77-126(139)130(127)136)94-67-70-117-129(79-94)141-128-66-32-27-61-116(128)135(117)114-59-25-19-53-104(114)105-54-20-26-60-115(105)135/h7-85H,1-6H3/i21D,22D,23D,24D,28D,29D,30D,31D,55D,56D,57D,58D,62D,63D,64D,65D. The van der Waals surface area contributed by atoms with Crippen molar-refractivity contribution < 1.29 is 26.7 Å². The SMILES string of the molecule is [2H]c1c([2H])c([2H])c2c(c1[2H])c1c([2H])c([2H])c([2H])c([2H])c1n2-c1ccc2c(c1)N(c1c(-c3cccc(-c4ccccc4)c3)cc(C(C)(C)C)cc1-c1cccc(-c3ccccc3)c1)c1cc(-c3ccc4c(c3)Oc3ccccc3C43c4ccccc4-c4ccccc43)cc3c1B2c1ccc(-n2c4c([2H])c([2H])c([2H])c([2H])c4c4c([2H])c([2H])c([2H])c([2H])c42)cc1N3c1c(-c2cccc(-c3ccccc3)c2)cc(C(C)(C)C)cc1-c1cccc(-c2ccccc2)c1. The lowest BCUT2D eigenvalue weighted by Gasteiger charge is -2.46. The van der Waals surface area contributed by atoms with Gasteiger partial charge >= 0.3 is 0 Å². The summed E-state index contributed by atoms with van der Waals surface area (Å²) in [6.07, 6.45) is 0. The molecule has 5 nitrogen and oxygen atoms in total. The summed E-state index contributed by atoms with van der Waals surface area (Å²) in [4.78, 5) is 4.77. The Hall–Kier alpha value is -17.3. The number of rotatable bonds is 13. The van der Waals surface area contributed by atoms with Gasteiger partial charge in [-0.3, -0.25) is 0 Å². The number of hydrogen-bond acceptors (Lipinski definition) is 3. The molecule has 4 aliphatic rings. The van der Waals surface area contributed by atoms with Gasteiger partial charge in [0.2, 0.25) is 0 Å². The van der Waals surface area contributed by atoms with Gasteiger partial charge in [0.1, 0.15) is 11.5 Å². The molecule has 21 aromatic carbocycles. The molecule has 141 heavy (non-hydrogen) atoms. The molecule has 0 unspecified atom stereocenters. The summed E-state index contributed by atoms with van der Waals surface area (Å²) >= 11 is 0. The fraction of sp³-hybridized carbons (Fsp3) is 0.0667. The van der Waals surface area contributed by atoms with E-state index < -0.39 is 120 Å². The van der Waals surface area contributed by atoms with Crippen LogP contribution in [0.3, 0.4) is 0 Å². The third-order valence-corrected chi connectivity index (χ3v) is 29.3. The van der Waals surface area contributed by atoms with Crippen LogP contribution in [-0.2, 0) is 16.2 Å². The number of benzene rings is 21. The van der Waals surface area contributed by atoms with E-state index in [9.17, 15) is 21.9 Å². The van der Waals surface area contributed by atoms with Gasteiger partial charge in [0, 0.05) is 89.0 Å². The van der Waals surface area contributed by atoms with Crippen LogP contribution in [-0.4, -0.2) is 15.8 Å². The molecule has 0 atom stereocenters. The first-order chi connectivity index (χ1) is 75.8. The van der Waals surface area contributed by atoms with Gasteiger partial charge in [0.25, 0.3) is 6.71 Å². The van der Waals surface area contributed by atoms with Crippen molar-refractivity contribution in [1.82, 2.24) is 9.13 Å². The van der Waals surface area contributed by atoms with Gasteiger partial charge in [-0.05, 0) is 260 Å². The molecule has 2 aromatic heterocycles. The van der Waals surface area contributed by atoms with Crippen LogP contribution in [0.5, 0.6) is 11.5 Å². The Morgan fingerprint density at radius 1 is 0.241 bits per heavy atom. The molecule has 27 rings (SSSR count). The molecule has 0 saturated heterocycles. The molecule has 1 aliphatic carbocycles. The molecular formula is C135H97BN4O. The van der Waals surface area contributed by atoms with E-state index in [2.05, 4.69) is 318 Å². The van der Waals surface area contributed by atoms with Crippen LogP contribution < -0.4 is 30.9 Å². The highest BCUT2D eigenvalue weighted by atomic mass is 16.5. The molecule has 0 fully saturated rings. The van der Waals surface area contributed by atoms with Gasteiger partial charge in [0.15, 0.2) is 0 Å². The second-order valence-electron chi connectivity index (χ2n) is 39.4. The molecule has 0 saturated carbocycles. The predicted molar refractivity (Wildman–Crippen MR) is 593 cm³/mol. The van der Waals surface area contributed by atoms with Gasteiger partial charge in [-0.25, -0.2) is 0 Å². The molecule has 6 heteroatoms. The lowest BCUT2D eigenvalue weighted by Crippen LogP contribution is -2.61. The first kappa shape index (κ1) is 67.8. The Morgan fingerprint density at radius 2 is 0.553 bits per heavy atom. The minimum absolute atomic E-state index is 0.0890. The van der Waals surface area contributed by atoms with E-state index in [0.29, 0.717) is 67.7 Å². The Morgan fingerprint density at radius 3 is 0.922 bits per heavy atom. The summed E-state index contributed by atoms with van der Waals surface area (Å²) in [5, 5.41) is -0.425. The summed E-state index contributed by atoms with van der Waals surface area (Å²) in [5.74, 6) is 1.26. The number of aromatic nitrogens is 2. The van der Waals surface area contributed by atoms with E-state index in [4.69, 9.17) is 4.74 Å². The largest absolute Gasteiger partial charge is 0.457 e. The number of ether oxygens (including phenoxy) is 1. The predicted octanol–water partition coefficient (Wildman–Crippen LogP) is 34.0. The lowest BCUT2D eigenvalue weighted by atomic mass is 9.33. The van der Waals surface area contributed by atoms with Crippen LogP contribution in [0.2, 0.25) is 0 Å². The number of fused-ring (bicyclic) bond motifs is 19. The van der Waals surface area contributed by atoms with Crippen molar-refractivity contribution in [3.8, 4) is 134 Å². The van der Waals surface area contributed by atoms with Gasteiger partial charge in [-0.2, -0.15) is 0 Å². The second-order valence-corrected chi connectivity index (χ2v) is 39.4. The summed E-state index contributed by atoms with van der Waals surface area (Å²) in [6, 6.07) is 125. The van der Waals surface area contributed by atoms with Crippen LogP contribution in [0, 0.1) is 0 Å². The average molecular weight is 1820 g/mol. The number of anilines is 6. The van der Waals surface area contributed by atoms with Crippen molar-refractivity contribution in [2.45, 2.75) is 57.8 Å². The van der Waals surface area contributed by atoms with E-state index in [1.807, 2.05) is 115 Å². The highest BCUT2D eigenvalue weighted by Gasteiger charge is 2.52. The van der Waals surface area contributed by atoms with Crippen molar-refractivity contribution in [2.75, 3.05) is 9.80 Å². The minimum Gasteiger partial charge on any atom is -0.457 e. The molecule has 0 radical (unpaired) electrons. The smallest absolute Gasteiger partial charge is 0.252 e. The van der Waals surface area contributed by atoms with E-state index in [-0.39, 0.29) is 55.0 Å². The fourth-order valence-electron chi connectivity index (χ4n) is 22.8. The van der Waals surface area contributed by atoms with Gasteiger partial charge in [-0.1, -0.05) is 399 Å². The second kappa shape index (κ2) is 32.4. The van der Waals surface area contributed by atoms with Gasteiger partial charge in [-0.15, -0.1) is 0 Å². The first-order valence-electron chi connectivity index (χ1n) is 56.0. The number of nitrogens with zero attached hydrogens (tertiary/aromatic N) is 4. The van der Waals surface area contributed by atoms with Crippen LogP contribution in [0.15, 0.2) is 479 Å². The molecular weight excluding hydrogens is 1700 g/mol. The summed E-state index contributed by atoms with van der Waals surface area (Å²) in [5.41, 5.74) is 27.7. The zero-order chi connectivity index (χ0) is 108. The van der Waals surface area contributed by atoms with Crippen LogP contribution in [0.4, 0.5) is 34.1 Å². The summed E-state index contributed by atoms with van der Waals surface area (Å²) < 4.78 is 168. The van der Waals surface area contributed by atoms with Crippen molar-refractivity contribution >= 4 is 101 Å². The molecule has 0 amide bonds. The molecule has 1 spiro atoms. The van der Waals surface area contributed by atoms with Gasteiger partial charge < -0.3 is 23.7 Å².